The number of fused-ring (bicyclic) bond motifs is 1. The molecule has 0 unspecified atom stereocenters. The Kier molecular flexibility index (Phi) is 4.56. The van der Waals surface area contributed by atoms with Crippen molar-refractivity contribution < 1.29 is 19.4 Å². The fourth-order valence-corrected chi connectivity index (χ4v) is 2.91. The number of aliphatic hydroxyl groups excluding tert-OH is 2. The molecule has 25 heavy (non-hydrogen) atoms. The molecule has 1 amide bonds. The normalized spacial score (nSPS) is 11.4. The molecule has 2 heterocycles. The topological polar surface area (TPSA) is 113 Å². The number of amides is 1. The van der Waals surface area contributed by atoms with Crippen LogP contribution < -0.4 is 5.32 Å². The van der Waals surface area contributed by atoms with Crippen LogP contribution in [-0.4, -0.2) is 43.9 Å². The quantitative estimate of drug-likeness (QED) is 0.649. The largest absolute Gasteiger partial charge is 0.445 e. The smallest absolute Gasteiger partial charge is 0.277 e. The number of hydrogen-bond acceptors (Lipinski definition) is 6. The van der Waals surface area contributed by atoms with E-state index in [9.17, 15) is 15.0 Å². The van der Waals surface area contributed by atoms with Crippen molar-refractivity contribution in [1.82, 2.24) is 14.5 Å². The molecule has 0 fully saturated rings. The van der Waals surface area contributed by atoms with Crippen molar-refractivity contribution in [2.75, 3.05) is 18.5 Å². The fraction of sp³-hybridized carbons (Fsp3) is 0.353. The first kappa shape index (κ1) is 17.1. The molecular formula is C17H20N4O4. The van der Waals surface area contributed by atoms with E-state index >= 15 is 0 Å². The Morgan fingerprint density at radius 2 is 1.96 bits per heavy atom. The summed E-state index contributed by atoms with van der Waals surface area (Å²) in [6.07, 6.45) is 0. The second-order valence-corrected chi connectivity index (χ2v) is 5.84. The molecule has 2 aromatic heterocycles. The number of oxazole rings is 1. The highest BCUT2D eigenvalue weighted by Crippen LogP contribution is 2.24. The zero-order valence-electron chi connectivity index (χ0n) is 14.3. The van der Waals surface area contributed by atoms with Gasteiger partial charge in [-0.2, -0.15) is 0 Å². The number of benzene rings is 1. The lowest BCUT2D eigenvalue weighted by Crippen LogP contribution is -2.18. The molecule has 0 saturated heterocycles. The summed E-state index contributed by atoms with van der Waals surface area (Å²) < 4.78 is 7.06. The molecule has 8 heteroatoms. The highest BCUT2D eigenvalue weighted by atomic mass is 16.4. The zero-order valence-corrected chi connectivity index (χ0v) is 14.3. The van der Waals surface area contributed by atoms with Crippen molar-refractivity contribution in [3.05, 3.63) is 41.4 Å². The number of aryl methyl sites for hydroxylation is 3. The molecule has 0 spiro atoms. The van der Waals surface area contributed by atoms with Crippen LogP contribution in [0.3, 0.4) is 0 Å². The third kappa shape index (κ3) is 3.13. The molecule has 0 aliphatic carbocycles. The third-order valence-electron chi connectivity index (χ3n) is 4.03. The average Bonchev–Trinajstić information content (AvgIpc) is 3.07. The van der Waals surface area contributed by atoms with Gasteiger partial charge >= 0.3 is 0 Å². The van der Waals surface area contributed by atoms with Gasteiger partial charge in [-0.05, 0) is 32.0 Å². The number of aromatic nitrogens is 3. The minimum absolute atomic E-state index is 0.188. The minimum atomic E-state index is -0.453. The van der Waals surface area contributed by atoms with Gasteiger partial charge in [0.1, 0.15) is 11.6 Å². The maximum absolute atomic E-state index is 12.3. The van der Waals surface area contributed by atoms with Crippen LogP contribution in [0.15, 0.2) is 22.6 Å². The van der Waals surface area contributed by atoms with Gasteiger partial charge in [-0.25, -0.2) is 9.97 Å². The maximum atomic E-state index is 12.3. The maximum Gasteiger partial charge on any atom is 0.277 e. The average molecular weight is 344 g/mol. The van der Waals surface area contributed by atoms with E-state index in [4.69, 9.17) is 4.42 Å². The van der Waals surface area contributed by atoms with E-state index in [-0.39, 0.29) is 24.8 Å². The number of carbonyl (C=O) groups excluding carboxylic acids is 1. The van der Waals surface area contributed by atoms with Gasteiger partial charge in [-0.3, -0.25) is 4.79 Å². The Morgan fingerprint density at radius 3 is 2.56 bits per heavy atom. The summed E-state index contributed by atoms with van der Waals surface area (Å²) in [6.45, 7) is 4.80. The number of anilines is 1. The molecule has 0 saturated carbocycles. The van der Waals surface area contributed by atoms with Crippen LogP contribution in [0, 0.1) is 20.8 Å². The number of imidazole rings is 1. The van der Waals surface area contributed by atoms with E-state index in [1.807, 2.05) is 0 Å². The first-order valence-corrected chi connectivity index (χ1v) is 7.90. The van der Waals surface area contributed by atoms with Crippen LogP contribution in [0.2, 0.25) is 0 Å². The fourth-order valence-electron chi connectivity index (χ4n) is 2.91. The predicted molar refractivity (Wildman–Crippen MR) is 91.6 cm³/mol. The summed E-state index contributed by atoms with van der Waals surface area (Å²) in [5.41, 5.74) is 2.26. The van der Waals surface area contributed by atoms with Gasteiger partial charge in [-0.15, -0.1) is 0 Å². The lowest BCUT2D eigenvalue weighted by Gasteiger charge is -2.16. The molecule has 3 rings (SSSR count). The molecule has 0 aliphatic heterocycles. The van der Waals surface area contributed by atoms with E-state index in [0.29, 0.717) is 28.7 Å². The number of rotatable bonds is 5. The first-order valence-electron chi connectivity index (χ1n) is 7.90. The number of nitrogens with zero attached hydrogens (tertiary/aromatic N) is 3. The zero-order chi connectivity index (χ0) is 18.1. The molecule has 0 bridgehead atoms. The molecule has 3 aromatic rings. The highest BCUT2D eigenvalue weighted by Gasteiger charge is 2.18. The van der Waals surface area contributed by atoms with Gasteiger partial charge < -0.3 is 24.5 Å². The van der Waals surface area contributed by atoms with Crippen molar-refractivity contribution >= 4 is 22.6 Å². The van der Waals surface area contributed by atoms with E-state index in [1.165, 1.54) is 0 Å². The van der Waals surface area contributed by atoms with E-state index < -0.39 is 6.04 Å². The van der Waals surface area contributed by atoms with E-state index in [1.54, 1.807) is 43.5 Å². The summed E-state index contributed by atoms with van der Waals surface area (Å²) in [5, 5.41) is 21.6. The second kappa shape index (κ2) is 6.66. The van der Waals surface area contributed by atoms with Gasteiger partial charge in [-0.1, -0.05) is 0 Å². The van der Waals surface area contributed by atoms with Crippen LogP contribution in [0.4, 0.5) is 5.69 Å². The Balaban J connectivity index is 1.92. The van der Waals surface area contributed by atoms with E-state index in [2.05, 4.69) is 15.3 Å². The summed E-state index contributed by atoms with van der Waals surface area (Å²) in [4.78, 5) is 20.9. The molecule has 0 radical (unpaired) electrons. The lowest BCUT2D eigenvalue weighted by atomic mass is 10.2. The SMILES string of the molecule is Cc1nc(C(=O)Nc2ccc3c(c2)nc(C)n3C(CO)CO)c(C)o1. The van der Waals surface area contributed by atoms with Crippen molar-refractivity contribution in [3.63, 3.8) is 0 Å². The van der Waals surface area contributed by atoms with Crippen LogP contribution in [0.25, 0.3) is 11.0 Å². The molecule has 3 N–H and O–H groups in total. The number of carbonyl (C=O) groups is 1. The van der Waals surface area contributed by atoms with Gasteiger partial charge in [0.15, 0.2) is 11.6 Å². The first-order chi connectivity index (χ1) is 11.9. The molecule has 1 aromatic carbocycles. The monoisotopic (exact) mass is 344 g/mol. The second-order valence-electron chi connectivity index (χ2n) is 5.84. The van der Waals surface area contributed by atoms with Crippen LogP contribution >= 0.6 is 0 Å². The minimum Gasteiger partial charge on any atom is -0.445 e. The summed E-state index contributed by atoms with van der Waals surface area (Å²) >= 11 is 0. The summed E-state index contributed by atoms with van der Waals surface area (Å²) in [7, 11) is 0. The summed E-state index contributed by atoms with van der Waals surface area (Å²) in [5.74, 6) is 1.22. The van der Waals surface area contributed by atoms with Crippen molar-refractivity contribution in [2.45, 2.75) is 26.8 Å². The molecule has 0 aliphatic rings. The molecule has 132 valence electrons. The third-order valence-corrected chi connectivity index (χ3v) is 4.03. The number of hydrogen-bond donors (Lipinski definition) is 3. The van der Waals surface area contributed by atoms with E-state index in [0.717, 1.165) is 5.52 Å². The van der Waals surface area contributed by atoms with Crippen LogP contribution in [-0.2, 0) is 0 Å². The Hall–Kier alpha value is -2.71. The van der Waals surface area contributed by atoms with Crippen LogP contribution in [0.1, 0.15) is 34.0 Å². The number of aliphatic hydroxyl groups is 2. The lowest BCUT2D eigenvalue weighted by molar-refractivity contribution is 0.102. The Labute approximate surface area is 144 Å². The molecule has 8 nitrogen and oxygen atoms in total. The molecular weight excluding hydrogens is 324 g/mol. The van der Waals surface area contributed by atoms with Gasteiger partial charge in [0.25, 0.3) is 5.91 Å². The van der Waals surface area contributed by atoms with Crippen molar-refractivity contribution in [2.24, 2.45) is 0 Å². The van der Waals surface area contributed by atoms with Crippen molar-refractivity contribution in [1.29, 1.82) is 0 Å². The van der Waals surface area contributed by atoms with Gasteiger partial charge in [0.2, 0.25) is 0 Å². The molecule has 0 atom stereocenters. The van der Waals surface area contributed by atoms with Crippen molar-refractivity contribution in [3.8, 4) is 0 Å². The highest BCUT2D eigenvalue weighted by molar-refractivity contribution is 6.04. The standard InChI is InChI=1S/C17H20N4O4/c1-9-16(19-11(3)25-9)17(24)20-12-4-5-15-14(6-12)18-10(2)21(15)13(7-22)8-23/h4-6,13,22-23H,7-8H2,1-3H3,(H,20,24). The van der Waals surface area contributed by atoms with Gasteiger partial charge in [0, 0.05) is 12.6 Å². The number of nitrogens with one attached hydrogen (secondary N) is 1. The van der Waals surface area contributed by atoms with Gasteiger partial charge in [0.05, 0.1) is 30.3 Å². The summed E-state index contributed by atoms with van der Waals surface area (Å²) in [6, 6.07) is 4.83. The Bertz CT molecular complexity index is 924. The predicted octanol–water partition coefficient (Wildman–Crippen LogP) is 1.73. The Morgan fingerprint density at radius 1 is 1.24 bits per heavy atom. The van der Waals surface area contributed by atoms with Crippen LogP contribution in [0.5, 0.6) is 0 Å².